The molecular formula is C23H23N3O2. The first-order valence-electron chi connectivity index (χ1n) is 9.86. The van der Waals surface area contributed by atoms with E-state index in [9.17, 15) is 9.90 Å². The largest absolute Gasteiger partial charge is 0.481 e. The van der Waals surface area contributed by atoms with Gasteiger partial charge in [0, 0.05) is 29.9 Å². The fourth-order valence-corrected chi connectivity index (χ4v) is 4.72. The van der Waals surface area contributed by atoms with E-state index in [4.69, 9.17) is 5.10 Å². The van der Waals surface area contributed by atoms with Crippen molar-refractivity contribution < 1.29 is 9.90 Å². The highest BCUT2D eigenvalue weighted by Gasteiger charge is 2.59. The maximum atomic E-state index is 11.2. The smallest absolute Gasteiger partial charge is 0.307 e. The van der Waals surface area contributed by atoms with Gasteiger partial charge in [0.2, 0.25) is 0 Å². The minimum absolute atomic E-state index is 0.0984. The van der Waals surface area contributed by atoms with Crippen molar-refractivity contribution in [1.82, 2.24) is 15.1 Å². The molecule has 0 amide bonds. The Bertz CT molecular complexity index is 972. The van der Waals surface area contributed by atoms with E-state index in [1.807, 2.05) is 41.1 Å². The van der Waals surface area contributed by atoms with Gasteiger partial charge < -0.3 is 10.4 Å². The van der Waals surface area contributed by atoms with Crippen LogP contribution >= 0.6 is 0 Å². The summed E-state index contributed by atoms with van der Waals surface area (Å²) in [5, 5.41) is 17.7. The number of rotatable bonds is 6. The van der Waals surface area contributed by atoms with Gasteiger partial charge in [-0.1, -0.05) is 48.5 Å². The summed E-state index contributed by atoms with van der Waals surface area (Å²) in [6.45, 7) is 0.735. The molecule has 2 aliphatic rings. The average molecular weight is 373 g/mol. The van der Waals surface area contributed by atoms with E-state index in [1.54, 1.807) is 0 Å². The Balaban J connectivity index is 1.35. The molecule has 2 aliphatic carbocycles. The van der Waals surface area contributed by atoms with Gasteiger partial charge in [-0.25, -0.2) is 4.68 Å². The van der Waals surface area contributed by atoms with Gasteiger partial charge in [0.1, 0.15) is 0 Å². The van der Waals surface area contributed by atoms with Crippen LogP contribution in [0.3, 0.4) is 0 Å². The molecule has 4 atom stereocenters. The highest BCUT2D eigenvalue weighted by Crippen LogP contribution is 2.57. The molecule has 142 valence electrons. The first-order valence-corrected chi connectivity index (χ1v) is 9.86. The Morgan fingerprint density at radius 3 is 2.32 bits per heavy atom. The number of nitrogens with zero attached hydrogens (tertiary/aromatic N) is 2. The van der Waals surface area contributed by atoms with Crippen LogP contribution in [-0.4, -0.2) is 26.9 Å². The molecule has 0 aliphatic heterocycles. The molecule has 0 spiro atoms. The SMILES string of the molecule is O=C(O)C1[C@H]2CC(NCc3cn(-c4ccccc4)nc3-c3ccccc3)C[C@@H]12. The van der Waals surface area contributed by atoms with Gasteiger partial charge in [0.25, 0.3) is 0 Å². The summed E-state index contributed by atoms with van der Waals surface area (Å²) in [5.41, 5.74) is 4.29. The van der Waals surface area contributed by atoms with Crippen LogP contribution in [0.2, 0.25) is 0 Å². The van der Waals surface area contributed by atoms with Crippen LogP contribution in [-0.2, 0) is 11.3 Å². The van der Waals surface area contributed by atoms with Crippen molar-refractivity contribution >= 4 is 5.97 Å². The number of para-hydroxylation sites is 1. The zero-order valence-corrected chi connectivity index (χ0v) is 15.5. The van der Waals surface area contributed by atoms with Gasteiger partial charge >= 0.3 is 5.97 Å². The van der Waals surface area contributed by atoms with E-state index in [-0.39, 0.29) is 5.92 Å². The second kappa shape index (κ2) is 6.91. The summed E-state index contributed by atoms with van der Waals surface area (Å²) < 4.78 is 1.94. The molecule has 5 heteroatoms. The van der Waals surface area contributed by atoms with Crippen molar-refractivity contribution in [2.24, 2.45) is 17.8 Å². The molecule has 2 aromatic carbocycles. The minimum Gasteiger partial charge on any atom is -0.481 e. The topological polar surface area (TPSA) is 67.2 Å². The number of nitrogens with one attached hydrogen (secondary N) is 1. The highest BCUT2D eigenvalue weighted by atomic mass is 16.4. The van der Waals surface area contributed by atoms with Crippen molar-refractivity contribution in [3.05, 3.63) is 72.4 Å². The molecule has 1 heterocycles. The lowest BCUT2D eigenvalue weighted by Crippen LogP contribution is -2.28. The summed E-state index contributed by atoms with van der Waals surface area (Å²) >= 11 is 0. The Morgan fingerprint density at radius 1 is 1.04 bits per heavy atom. The number of hydrogen-bond donors (Lipinski definition) is 2. The number of hydrogen-bond acceptors (Lipinski definition) is 3. The molecule has 0 radical (unpaired) electrons. The Labute approximate surface area is 164 Å². The van der Waals surface area contributed by atoms with Crippen LogP contribution in [0.25, 0.3) is 16.9 Å². The molecule has 3 aromatic rings. The van der Waals surface area contributed by atoms with Gasteiger partial charge in [-0.3, -0.25) is 4.79 Å². The third kappa shape index (κ3) is 3.12. The zero-order valence-electron chi connectivity index (χ0n) is 15.5. The van der Waals surface area contributed by atoms with Crippen LogP contribution in [0.5, 0.6) is 0 Å². The predicted octanol–water partition coefficient (Wildman–Crippen LogP) is 3.74. The van der Waals surface area contributed by atoms with E-state index in [1.165, 1.54) is 0 Å². The average Bonchev–Trinajstić information content (AvgIpc) is 3.06. The molecule has 28 heavy (non-hydrogen) atoms. The van der Waals surface area contributed by atoms with Crippen LogP contribution in [0.1, 0.15) is 18.4 Å². The highest BCUT2D eigenvalue weighted by molar-refractivity contribution is 5.74. The van der Waals surface area contributed by atoms with Gasteiger partial charge in [0.05, 0.1) is 17.3 Å². The van der Waals surface area contributed by atoms with Crippen LogP contribution in [0, 0.1) is 17.8 Å². The normalized spacial score (nSPS) is 25.4. The van der Waals surface area contributed by atoms with Crippen LogP contribution in [0.15, 0.2) is 66.9 Å². The first-order chi connectivity index (χ1) is 13.7. The van der Waals surface area contributed by atoms with Crippen molar-refractivity contribution in [2.45, 2.75) is 25.4 Å². The molecule has 5 rings (SSSR count). The summed E-state index contributed by atoms with van der Waals surface area (Å²) in [7, 11) is 0. The number of benzene rings is 2. The standard InChI is InChI=1S/C23H23N3O2/c27-23(28)21-19-11-17(12-20(19)21)24-13-16-14-26(18-9-5-2-6-10-18)25-22(16)15-7-3-1-4-8-15/h1-10,14,17,19-21,24H,11-13H2,(H,27,28)/t17?,19-,20+,21?. The zero-order chi connectivity index (χ0) is 19.1. The van der Waals surface area contributed by atoms with Crippen molar-refractivity contribution in [2.75, 3.05) is 0 Å². The molecule has 1 aromatic heterocycles. The fraction of sp³-hybridized carbons (Fsp3) is 0.304. The minimum atomic E-state index is -0.621. The number of carboxylic acids is 1. The fourth-order valence-electron chi connectivity index (χ4n) is 4.72. The van der Waals surface area contributed by atoms with E-state index < -0.39 is 5.97 Å². The maximum Gasteiger partial charge on any atom is 0.307 e. The van der Waals surface area contributed by atoms with E-state index in [0.29, 0.717) is 17.9 Å². The molecular weight excluding hydrogens is 350 g/mol. The molecule has 2 unspecified atom stereocenters. The molecule has 5 nitrogen and oxygen atoms in total. The molecule has 0 saturated heterocycles. The first kappa shape index (κ1) is 17.2. The number of aliphatic carboxylic acids is 1. The van der Waals surface area contributed by atoms with Crippen molar-refractivity contribution in [1.29, 1.82) is 0 Å². The number of fused-ring (bicyclic) bond motifs is 1. The van der Waals surface area contributed by atoms with Gasteiger partial charge in [0.15, 0.2) is 0 Å². The molecule has 2 saturated carbocycles. The lowest BCUT2D eigenvalue weighted by Gasteiger charge is -2.15. The quantitative estimate of drug-likeness (QED) is 0.691. The molecule has 2 N–H and O–H groups in total. The number of carboxylic acid groups (broad SMARTS) is 1. The van der Waals surface area contributed by atoms with E-state index in [0.717, 1.165) is 41.9 Å². The van der Waals surface area contributed by atoms with Crippen molar-refractivity contribution in [3.8, 4) is 16.9 Å². The van der Waals surface area contributed by atoms with Crippen LogP contribution < -0.4 is 5.32 Å². The van der Waals surface area contributed by atoms with E-state index >= 15 is 0 Å². The lowest BCUT2D eigenvalue weighted by atomic mass is 10.1. The van der Waals surface area contributed by atoms with Gasteiger partial charge in [-0.05, 0) is 36.8 Å². The molecule has 0 bridgehead atoms. The Kier molecular flexibility index (Phi) is 4.24. The Hall–Kier alpha value is -2.92. The predicted molar refractivity (Wildman–Crippen MR) is 107 cm³/mol. The Morgan fingerprint density at radius 2 is 1.68 bits per heavy atom. The third-order valence-electron chi connectivity index (χ3n) is 6.17. The monoisotopic (exact) mass is 373 g/mol. The summed E-state index contributed by atoms with van der Waals surface area (Å²) in [6, 6.07) is 20.8. The van der Waals surface area contributed by atoms with Crippen LogP contribution in [0.4, 0.5) is 0 Å². The summed E-state index contributed by atoms with van der Waals surface area (Å²) in [4.78, 5) is 11.2. The summed E-state index contributed by atoms with van der Waals surface area (Å²) in [5.74, 6) is 0.0222. The van der Waals surface area contributed by atoms with Gasteiger partial charge in [-0.15, -0.1) is 0 Å². The number of carbonyl (C=O) groups is 1. The summed E-state index contributed by atoms with van der Waals surface area (Å²) in [6.07, 6.45) is 4.03. The second-order valence-electron chi connectivity index (χ2n) is 7.89. The lowest BCUT2D eigenvalue weighted by molar-refractivity contribution is -0.139. The van der Waals surface area contributed by atoms with Gasteiger partial charge in [-0.2, -0.15) is 5.10 Å². The maximum absolute atomic E-state index is 11.2. The molecule has 2 fully saturated rings. The van der Waals surface area contributed by atoms with Crippen molar-refractivity contribution in [3.63, 3.8) is 0 Å². The third-order valence-corrected chi connectivity index (χ3v) is 6.17. The van der Waals surface area contributed by atoms with E-state index in [2.05, 4.69) is 35.8 Å². The number of aromatic nitrogens is 2. The second-order valence-corrected chi connectivity index (χ2v) is 7.89.